The van der Waals surface area contributed by atoms with Crippen LogP contribution in [0.5, 0.6) is 0 Å². The van der Waals surface area contributed by atoms with Crippen molar-refractivity contribution in [2.24, 2.45) is 5.73 Å². The zero-order valence-electron chi connectivity index (χ0n) is 15.9. The quantitative estimate of drug-likeness (QED) is 0.490. The number of hydrogen-bond acceptors (Lipinski definition) is 4. The number of primary amides is 1. The number of nitrogens with two attached hydrogens (primary N) is 1. The van der Waals surface area contributed by atoms with E-state index in [4.69, 9.17) is 5.73 Å². The van der Waals surface area contributed by atoms with Gasteiger partial charge in [0.2, 0.25) is 0 Å². The van der Waals surface area contributed by atoms with Gasteiger partial charge in [-0.1, -0.05) is 19.4 Å². The molecule has 142 valence electrons. The van der Waals surface area contributed by atoms with Gasteiger partial charge in [-0.2, -0.15) is 0 Å². The molecular formula is C22H21N3O2S. The van der Waals surface area contributed by atoms with Crippen molar-refractivity contribution in [1.82, 2.24) is 9.55 Å². The summed E-state index contributed by atoms with van der Waals surface area (Å²) in [6.07, 6.45) is 1.67. The molecule has 0 fully saturated rings. The monoisotopic (exact) mass is 391 g/mol. The van der Waals surface area contributed by atoms with E-state index in [1.54, 1.807) is 30.4 Å². The number of benzene rings is 1. The fourth-order valence-corrected chi connectivity index (χ4v) is 4.53. The number of thiophene rings is 1. The largest absolute Gasteiger partial charge is 0.364 e. The number of pyridine rings is 1. The summed E-state index contributed by atoms with van der Waals surface area (Å²) < 4.78 is 3.31. The van der Waals surface area contributed by atoms with Crippen LogP contribution in [0.25, 0.3) is 21.1 Å². The minimum absolute atomic E-state index is 0.00844. The van der Waals surface area contributed by atoms with Crippen molar-refractivity contribution < 1.29 is 9.59 Å². The summed E-state index contributed by atoms with van der Waals surface area (Å²) in [6, 6.07) is 11.9. The fourth-order valence-electron chi connectivity index (χ4n) is 3.76. The van der Waals surface area contributed by atoms with Crippen LogP contribution in [0.3, 0.4) is 0 Å². The van der Waals surface area contributed by atoms with Gasteiger partial charge in [-0.3, -0.25) is 9.59 Å². The molecule has 0 spiro atoms. The minimum Gasteiger partial charge on any atom is -0.364 e. The Kier molecular flexibility index (Phi) is 4.73. The number of nitrogens with zero attached hydrogens (tertiary/aromatic N) is 2. The molecule has 0 aliphatic rings. The Labute approximate surface area is 166 Å². The maximum Gasteiger partial charge on any atom is 0.267 e. The first-order valence-corrected chi connectivity index (χ1v) is 10.2. The highest BCUT2D eigenvalue weighted by molar-refractivity contribution is 7.17. The van der Waals surface area contributed by atoms with E-state index in [1.165, 1.54) is 10.1 Å². The number of amides is 1. The zero-order valence-corrected chi connectivity index (χ0v) is 16.7. The van der Waals surface area contributed by atoms with E-state index in [0.717, 1.165) is 29.5 Å². The average molecular weight is 391 g/mol. The van der Waals surface area contributed by atoms with E-state index < -0.39 is 5.91 Å². The summed E-state index contributed by atoms with van der Waals surface area (Å²) in [5, 5.41) is 4.06. The number of rotatable bonds is 6. The zero-order chi connectivity index (χ0) is 19.8. The van der Waals surface area contributed by atoms with Crippen LogP contribution in [-0.4, -0.2) is 21.2 Å². The first kappa shape index (κ1) is 18.4. The van der Waals surface area contributed by atoms with E-state index in [-0.39, 0.29) is 11.5 Å². The third-order valence-electron chi connectivity index (χ3n) is 4.96. The minimum atomic E-state index is -0.573. The number of fused-ring (bicyclic) bond motifs is 2. The summed E-state index contributed by atoms with van der Waals surface area (Å²) in [5.74, 6) is -0.565. The van der Waals surface area contributed by atoms with Crippen LogP contribution in [0.15, 0.2) is 41.8 Å². The lowest BCUT2D eigenvalue weighted by Gasteiger charge is -2.11. The molecule has 4 aromatic rings. The van der Waals surface area contributed by atoms with Crippen LogP contribution >= 0.6 is 11.3 Å². The molecule has 0 aliphatic heterocycles. The molecule has 28 heavy (non-hydrogen) atoms. The van der Waals surface area contributed by atoms with E-state index >= 15 is 0 Å². The Morgan fingerprint density at radius 1 is 1.18 bits per heavy atom. The Morgan fingerprint density at radius 2 is 2.00 bits per heavy atom. The molecule has 1 aromatic carbocycles. The van der Waals surface area contributed by atoms with Crippen LogP contribution in [0, 0.1) is 0 Å². The predicted molar refractivity (Wildman–Crippen MR) is 113 cm³/mol. The smallest absolute Gasteiger partial charge is 0.267 e. The number of carbonyl (C=O) groups is 2. The Balaban J connectivity index is 1.94. The molecule has 1 amide bonds. The van der Waals surface area contributed by atoms with Gasteiger partial charge in [0.1, 0.15) is 11.3 Å². The molecule has 6 heteroatoms. The van der Waals surface area contributed by atoms with Gasteiger partial charge in [-0.25, -0.2) is 4.98 Å². The highest BCUT2D eigenvalue weighted by Crippen LogP contribution is 2.29. The highest BCUT2D eigenvalue weighted by atomic mass is 32.1. The second-order valence-electron chi connectivity index (χ2n) is 6.94. The van der Waals surface area contributed by atoms with Crippen molar-refractivity contribution in [2.75, 3.05) is 0 Å². The molecule has 3 aromatic heterocycles. The molecular weight excluding hydrogens is 370 g/mol. The second-order valence-corrected chi connectivity index (χ2v) is 7.89. The van der Waals surface area contributed by atoms with Gasteiger partial charge >= 0.3 is 0 Å². The number of hydrogen-bond donors (Lipinski definition) is 1. The lowest BCUT2D eigenvalue weighted by atomic mass is 10.1. The van der Waals surface area contributed by atoms with Crippen molar-refractivity contribution >= 4 is 44.1 Å². The maximum atomic E-state index is 12.4. The number of aromatic nitrogens is 2. The molecule has 0 saturated carbocycles. The number of ketones is 1. The predicted octanol–water partition coefficient (Wildman–Crippen LogP) is 4.55. The summed E-state index contributed by atoms with van der Waals surface area (Å²) in [5.41, 5.74) is 9.07. The van der Waals surface area contributed by atoms with Crippen molar-refractivity contribution in [1.29, 1.82) is 0 Å². The lowest BCUT2D eigenvalue weighted by Crippen LogP contribution is -2.14. The summed E-state index contributed by atoms with van der Waals surface area (Å²) in [7, 11) is 0. The molecule has 0 saturated heterocycles. The normalized spacial score (nSPS) is 11.4. The molecule has 0 atom stereocenters. The van der Waals surface area contributed by atoms with E-state index in [0.29, 0.717) is 17.8 Å². The standard InChI is InChI=1S/C22H21N3O2S/c1-3-4-18-20(13(2)26)16-6-7-17(21(23)27)24-22(16)25(18)12-14-5-8-19-15(11-14)9-10-28-19/h5-11H,3-4,12H2,1-2H3,(H2,23,27). The Morgan fingerprint density at radius 3 is 2.71 bits per heavy atom. The highest BCUT2D eigenvalue weighted by Gasteiger charge is 2.22. The van der Waals surface area contributed by atoms with Crippen LogP contribution in [0.4, 0.5) is 0 Å². The van der Waals surface area contributed by atoms with Gasteiger partial charge in [-0.15, -0.1) is 11.3 Å². The van der Waals surface area contributed by atoms with Gasteiger partial charge in [0.05, 0.1) is 0 Å². The lowest BCUT2D eigenvalue weighted by molar-refractivity contribution is 0.0993. The van der Waals surface area contributed by atoms with E-state index in [9.17, 15) is 9.59 Å². The molecule has 5 nitrogen and oxygen atoms in total. The fraction of sp³-hybridized carbons (Fsp3) is 0.227. The van der Waals surface area contributed by atoms with Crippen LogP contribution in [0.2, 0.25) is 0 Å². The molecule has 0 aliphatic carbocycles. The van der Waals surface area contributed by atoms with Crippen molar-refractivity contribution in [3.8, 4) is 0 Å². The van der Waals surface area contributed by atoms with E-state index in [1.807, 2.05) is 0 Å². The molecule has 4 rings (SSSR count). The molecule has 0 unspecified atom stereocenters. The van der Waals surface area contributed by atoms with Crippen LogP contribution in [0.1, 0.15) is 52.4 Å². The Hall–Kier alpha value is -2.99. The number of Topliss-reactive ketones (excluding diaryl/α,β-unsaturated/α-hetero) is 1. The van der Waals surface area contributed by atoms with Gasteiger partial charge < -0.3 is 10.3 Å². The molecule has 3 heterocycles. The van der Waals surface area contributed by atoms with Crippen LogP contribution < -0.4 is 5.73 Å². The van der Waals surface area contributed by atoms with Gasteiger partial charge in [0, 0.05) is 27.9 Å². The van der Waals surface area contributed by atoms with Crippen LogP contribution in [-0.2, 0) is 13.0 Å². The van der Waals surface area contributed by atoms with Crippen molar-refractivity contribution in [3.63, 3.8) is 0 Å². The van der Waals surface area contributed by atoms with Gasteiger partial charge in [0.25, 0.3) is 5.91 Å². The summed E-state index contributed by atoms with van der Waals surface area (Å²) >= 11 is 1.71. The topological polar surface area (TPSA) is 78.0 Å². The molecule has 0 radical (unpaired) electrons. The van der Waals surface area contributed by atoms with Crippen molar-refractivity contribution in [3.05, 3.63) is 64.3 Å². The third-order valence-corrected chi connectivity index (χ3v) is 5.86. The second kappa shape index (κ2) is 7.20. The summed E-state index contributed by atoms with van der Waals surface area (Å²) in [4.78, 5) is 28.6. The molecule has 2 N–H and O–H groups in total. The van der Waals surface area contributed by atoms with Crippen molar-refractivity contribution in [2.45, 2.75) is 33.2 Å². The Bertz CT molecular complexity index is 1220. The van der Waals surface area contributed by atoms with Gasteiger partial charge in [0.15, 0.2) is 5.78 Å². The first-order chi connectivity index (χ1) is 13.5. The van der Waals surface area contributed by atoms with E-state index in [2.05, 4.69) is 46.1 Å². The van der Waals surface area contributed by atoms with Gasteiger partial charge in [-0.05, 0) is 60.0 Å². The summed E-state index contributed by atoms with van der Waals surface area (Å²) in [6.45, 7) is 4.25. The first-order valence-electron chi connectivity index (χ1n) is 9.28. The number of carbonyl (C=O) groups excluding carboxylic acids is 2. The third kappa shape index (κ3) is 3.10. The SMILES string of the molecule is CCCc1c(C(C)=O)c2ccc(C(N)=O)nc2n1Cc1ccc2sccc2c1. The molecule has 0 bridgehead atoms. The maximum absolute atomic E-state index is 12.4. The average Bonchev–Trinajstić information content (AvgIpc) is 3.24.